The molecular formula is C30H32Cl2F2N2O9S. The molecule has 0 radical (unpaired) electrons. The largest absolute Gasteiger partial charge is 0.619 e. The van der Waals surface area contributed by atoms with Crippen molar-refractivity contribution in [1.29, 1.82) is 0 Å². The van der Waals surface area contributed by atoms with Crippen molar-refractivity contribution in [3.63, 3.8) is 0 Å². The fourth-order valence-electron chi connectivity index (χ4n) is 4.47. The first kappa shape index (κ1) is 35.3. The first-order valence-corrected chi connectivity index (χ1v) is 16.5. The van der Waals surface area contributed by atoms with Crippen molar-refractivity contribution in [3.05, 3.63) is 80.7 Å². The summed E-state index contributed by atoms with van der Waals surface area (Å²) in [6.45, 7) is -3.72. The van der Waals surface area contributed by atoms with Crippen LogP contribution in [0.15, 0.2) is 48.8 Å². The normalized spacial score (nSPS) is 13.8. The lowest BCUT2D eigenvalue weighted by atomic mass is 10.0. The van der Waals surface area contributed by atoms with E-state index in [1.54, 1.807) is 18.2 Å². The highest BCUT2D eigenvalue weighted by Gasteiger charge is 2.28. The van der Waals surface area contributed by atoms with Gasteiger partial charge in [-0.2, -0.15) is 17.8 Å². The number of benzene rings is 2. The van der Waals surface area contributed by atoms with Gasteiger partial charge in [-0.3, -0.25) is 4.79 Å². The van der Waals surface area contributed by atoms with Crippen molar-refractivity contribution in [2.45, 2.75) is 38.5 Å². The zero-order chi connectivity index (χ0) is 33.6. The number of sulfonamides is 1. The smallest absolute Gasteiger partial charge is 0.387 e. The number of alkyl halides is 2. The molecule has 1 aliphatic carbocycles. The molecule has 16 heteroatoms. The van der Waals surface area contributed by atoms with Crippen molar-refractivity contribution in [3.8, 4) is 23.0 Å². The molecule has 1 fully saturated rings. The molecule has 1 aliphatic rings. The van der Waals surface area contributed by atoms with Gasteiger partial charge in [-0.25, -0.2) is 8.42 Å². The summed E-state index contributed by atoms with van der Waals surface area (Å²) in [4.78, 5) is 13.4. The molecule has 0 saturated heterocycles. The standard InChI is InChI=1S/C30H32Cl2F2N2O9S/c1-41-24-8-6-19(10-27(24)42-2)13-36(46(3,39)40)16-29(37)44-26(12-21-22(31)14-35(38)15-23(21)32)20-7-9-25(45-30(33)34)28(11-20)43-17-18-4-5-18/h6-11,14-15,18,26,30H,4-5,12-13,16-17H2,1-3H3/t26-/m0/s1. The van der Waals surface area contributed by atoms with E-state index in [0.29, 0.717) is 21.8 Å². The molecule has 1 atom stereocenters. The molecule has 1 saturated carbocycles. The van der Waals surface area contributed by atoms with E-state index in [2.05, 4.69) is 4.74 Å². The van der Waals surface area contributed by atoms with Crippen LogP contribution in [0, 0.1) is 11.1 Å². The van der Waals surface area contributed by atoms with Gasteiger partial charge in [-0.15, -0.1) is 0 Å². The van der Waals surface area contributed by atoms with Gasteiger partial charge in [-0.1, -0.05) is 35.3 Å². The fourth-order valence-corrected chi connectivity index (χ4v) is 5.80. The van der Waals surface area contributed by atoms with E-state index in [-0.39, 0.29) is 58.2 Å². The van der Waals surface area contributed by atoms with Gasteiger partial charge in [0.15, 0.2) is 35.4 Å². The van der Waals surface area contributed by atoms with E-state index >= 15 is 0 Å². The zero-order valence-corrected chi connectivity index (χ0v) is 27.4. The van der Waals surface area contributed by atoms with Crippen molar-refractivity contribution in [2.75, 3.05) is 33.6 Å². The van der Waals surface area contributed by atoms with Crippen molar-refractivity contribution < 1.29 is 50.4 Å². The zero-order valence-electron chi connectivity index (χ0n) is 25.1. The number of carbonyl (C=O) groups excluding carboxylic acids is 1. The Morgan fingerprint density at radius 1 is 1.02 bits per heavy atom. The highest BCUT2D eigenvalue weighted by molar-refractivity contribution is 7.88. The molecule has 1 aromatic heterocycles. The maximum atomic E-state index is 13.4. The van der Waals surface area contributed by atoms with Crippen LogP contribution in [-0.4, -0.2) is 58.9 Å². The average Bonchev–Trinajstić information content (AvgIpc) is 3.81. The monoisotopic (exact) mass is 704 g/mol. The maximum Gasteiger partial charge on any atom is 0.387 e. The minimum Gasteiger partial charge on any atom is -0.619 e. The Hall–Kier alpha value is -3.59. The fraction of sp³-hybridized carbons (Fsp3) is 0.400. The van der Waals surface area contributed by atoms with Gasteiger partial charge in [0.2, 0.25) is 10.0 Å². The van der Waals surface area contributed by atoms with Crippen LogP contribution in [0.1, 0.15) is 35.6 Å². The number of pyridine rings is 1. The van der Waals surface area contributed by atoms with Crippen LogP contribution >= 0.6 is 23.2 Å². The minimum absolute atomic E-state index is 0.000352. The lowest BCUT2D eigenvalue weighted by Gasteiger charge is -2.24. The molecule has 0 aliphatic heterocycles. The maximum absolute atomic E-state index is 13.4. The number of hydrogen-bond donors (Lipinski definition) is 0. The van der Waals surface area contributed by atoms with E-state index in [4.69, 9.17) is 42.1 Å². The highest BCUT2D eigenvalue weighted by atomic mass is 35.5. The second-order valence-electron chi connectivity index (χ2n) is 10.5. The van der Waals surface area contributed by atoms with Crippen molar-refractivity contribution in [1.82, 2.24) is 4.31 Å². The molecule has 0 N–H and O–H groups in total. The summed E-state index contributed by atoms with van der Waals surface area (Å²) in [5.74, 6) is -0.0708. The Kier molecular flexibility index (Phi) is 11.8. The lowest BCUT2D eigenvalue weighted by Crippen LogP contribution is -2.36. The van der Waals surface area contributed by atoms with Gasteiger partial charge in [0, 0.05) is 18.5 Å². The summed E-state index contributed by atoms with van der Waals surface area (Å²) in [7, 11) is -1.04. The number of hydrogen-bond acceptors (Lipinski definition) is 9. The quantitative estimate of drug-likeness (QED) is 0.111. The predicted octanol–water partition coefficient (Wildman–Crippen LogP) is 5.32. The highest BCUT2D eigenvalue weighted by Crippen LogP contribution is 2.38. The number of carbonyl (C=O) groups is 1. The van der Waals surface area contributed by atoms with Crippen LogP contribution in [0.2, 0.25) is 10.0 Å². The Labute approximate surface area is 275 Å². The Bertz CT molecular complexity index is 1640. The molecule has 4 rings (SSSR count). The van der Waals surface area contributed by atoms with Crippen LogP contribution in [0.3, 0.4) is 0 Å². The van der Waals surface area contributed by atoms with E-state index in [0.717, 1.165) is 35.8 Å². The number of rotatable bonds is 16. The number of halogens is 4. The number of aromatic nitrogens is 1. The molecular weight excluding hydrogens is 673 g/mol. The van der Waals surface area contributed by atoms with Gasteiger partial charge >= 0.3 is 12.6 Å². The summed E-state index contributed by atoms with van der Waals surface area (Å²) in [5.41, 5.74) is 1.05. The summed E-state index contributed by atoms with van der Waals surface area (Å²) in [6.07, 6.45) is 3.64. The Morgan fingerprint density at radius 3 is 2.26 bits per heavy atom. The Balaban J connectivity index is 1.64. The molecule has 11 nitrogen and oxygen atoms in total. The van der Waals surface area contributed by atoms with E-state index < -0.39 is 35.3 Å². The SMILES string of the molecule is COc1ccc(CN(CC(=O)O[C@@H](Cc2c(Cl)c[n+]([O-])cc2Cl)c2ccc(OC(F)F)c(OCC3CC3)c2)S(C)(=O)=O)cc1OC. The second kappa shape index (κ2) is 15.3. The van der Waals surface area contributed by atoms with Crippen LogP contribution in [0.25, 0.3) is 0 Å². The molecule has 250 valence electrons. The van der Waals surface area contributed by atoms with Gasteiger partial charge in [0.1, 0.15) is 22.7 Å². The molecule has 46 heavy (non-hydrogen) atoms. The van der Waals surface area contributed by atoms with E-state index in [9.17, 15) is 27.2 Å². The third kappa shape index (κ3) is 9.71. The van der Waals surface area contributed by atoms with Gasteiger partial charge < -0.3 is 28.9 Å². The third-order valence-electron chi connectivity index (χ3n) is 7.03. The summed E-state index contributed by atoms with van der Waals surface area (Å²) < 4.78 is 79.8. The lowest BCUT2D eigenvalue weighted by molar-refractivity contribution is -0.605. The molecule has 1 heterocycles. The first-order chi connectivity index (χ1) is 21.8. The molecule has 2 aromatic carbocycles. The predicted molar refractivity (Wildman–Crippen MR) is 164 cm³/mol. The molecule has 0 amide bonds. The topological polar surface area (TPSA) is 128 Å². The Morgan fingerprint density at radius 2 is 1.67 bits per heavy atom. The number of nitrogens with zero attached hydrogens (tertiary/aromatic N) is 2. The van der Waals surface area contributed by atoms with Crippen LogP contribution < -0.4 is 23.7 Å². The average molecular weight is 706 g/mol. The second-order valence-corrected chi connectivity index (χ2v) is 13.3. The third-order valence-corrected chi connectivity index (χ3v) is 8.88. The summed E-state index contributed by atoms with van der Waals surface area (Å²) in [6, 6.07) is 8.86. The number of esters is 1. The van der Waals surface area contributed by atoms with Gasteiger partial charge in [0.05, 0.1) is 27.1 Å². The summed E-state index contributed by atoms with van der Waals surface area (Å²) in [5, 5.41) is 11.8. The number of methoxy groups -OCH3 is 2. The van der Waals surface area contributed by atoms with Gasteiger partial charge in [-0.05, 0) is 54.2 Å². The first-order valence-electron chi connectivity index (χ1n) is 13.9. The molecule has 0 spiro atoms. The van der Waals surface area contributed by atoms with E-state index in [1.165, 1.54) is 32.4 Å². The van der Waals surface area contributed by atoms with E-state index in [1.807, 2.05) is 0 Å². The molecule has 0 bridgehead atoms. The van der Waals surface area contributed by atoms with Crippen LogP contribution in [-0.2, 0) is 32.5 Å². The molecule has 3 aromatic rings. The van der Waals surface area contributed by atoms with Gasteiger partial charge in [0.25, 0.3) is 0 Å². The van der Waals surface area contributed by atoms with Crippen molar-refractivity contribution in [2.24, 2.45) is 5.92 Å². The minimum atomic E-state index is -3.93. The number of ether oxygens (including phenoxy) is 5. The molecule has 0 unspecified atom stereocenters. The van der Waals surface area contributed by atoms with Crippen LogP contribution in [0.5, 0.6) is 23.0 Å². The van der Waals surface area contributed by atoms with Crippen LogP contribution in [0.4, 0.5) is 8.78 Å². The van der Waals surface area contributed by atoms with Crippen molar-refractivity contribution >= 4 is 39.2 Å². The summed E-state index contributed by atoms with van der Waals surface area (Å²) >= 11 is 12.6.